The smallest absolute Gasteiger partial charge is 0.278 e. The molecular formula is C19H25ClFN3O. The lowest BCUT2D eigenvalue weighted by Crippen LogP contribution is -2.32. The van der Waals surface area contributed by atoms with Crippen molar-refractivity contribution < 1.29 is 4.39 Å². The van der Waals surface area contributed by atoms with Crippen molar-refractivity contribution in [3.8, 4) is 0 Å². The first-order valence-corrected chi connectivity index (χ1v) is 9.36. The molecule has 4 nitrogen and oxygen atoms in total. The monoisotopic (exact) mass is 365 g/mol. The van der Waals surface area contributed by atoms with Gasteiger partial charge in [-0.1, -0.05) is 29.8 Å². The van der Waals surface area contributed by atoms with E-state index in [4.69, 9.17) is 11.6 Å². The molecule has 0 spiro atoms. The molecule has 1 saturated carbocycles. The molecule has 0 N–H and O–H groups in total. The van der Waals surface area contributed by atoms with Crippen molar-refractivity contribution in [2.24, 2.45) is 5.92 Å². The molecule has 1 aliphatic carbocycles. The summed E-state index contributed by atoms with van der Waals surface area (Å²) in [4.78, 5) is 12.7. The molecule has 1 aromatic heterocycles. The summed E-state index contributed by atoms with van der Waals surface area (Å²) in [5, 5.41) is 5.17. The zero-order valence-electron chi connectivity index (χ0n) is 14.8. The second kappa shape index (κ2) is 7.32. The van der Waals surface area contributed by atoms with Crippen molar-refractivity contribution in [3.63, 3.8) is 0 Å². The van der Waals surface area contributed by atoms with Crippen LogP contribution < -0.4 is 5.69 Å². The Hall–Kier alpha value is -1.62. The van der Waals surface area contributed by atoms with Crippen LogP contribution in [0.3, 0.4) is 0 Å². The molecule has 0 bridgehead atoms. The van der Waals surface area contributed by atoms with Gasteiger partial charge in [0.05, 0.1) is 0 Å². The van der Waals surface area contributed by atoms with E-state index in [9.17, 15) is 9.18 Å². The van der Waals surface area contributed by atoms with Gasteiger partial charge >= 0.3 is 5.69 Å². The van der Waals surface area contributed by atoms with Crippen LogP contribution >= 0.6 is 11.6 Å². The molecule has 136 valence electrons. The first-order valence-electron chi connectivity index (χ1n) is 8.98. The van der Waals surface area contributed by atoms with E-state index in [1.54, 1.807) is 11.5 Å². The summed E-state index contributed by atoms with van der Waals surface area (Å²) in [6, 6.07) is 7.62. The lowest BCUT2D eigenvalue weighted by molar-refractivity contribution is 0.0974. The van der Waals surface area contributed by atoms with Gasteiger partial charge in [-0.15, -0.1) is 0 Å². The van der Waals surface area contributed by atoms with E-state index in [0.717, 1.165) is 24.2 Å². The van der Waals surface area contributed by atoms with Crippen molar-refractivity contribution in [2.75, 3.05) is 0 Å². The Labute approximate surface area is 152 Å². The number of aryl methyl sites for hydroxylation is 1. The van der Waals surface area contributed by atoms with Crippen molar-refractivity contribution in [2.45, 2.75) is 64.7 Å². The standard InChI is InChI=1S/C19H25ClFN3O/c1-3-24-18(25)23(13-14-8-10-19(2,21)11-9-14)17(22-24)12-15-6-4-5-7-16(15)20/h4-7,14H,3,8-13H2,1-2H3. The molecular weight excluding hydrogens is 341 g/mol. The number of hydrogen-bond acceptors (Lipinski definition) is 2. The number of alkyl halides is 1. The van der Waals surface area contributed by atoms with E-state index >= 15 is 0 Å². The highest BCUT2D eigenvalue weighted by Crippen LogP contribution is 2.35. The van der Waals surface area contributed by atoms with Crippen LogP contribution in [-0.2, 0) is 19.5 Å². The minimum atomic E-state index is -1.06. The molecule has 1 fully saturated rings. The first-order chi connectivity index (χ1) is 11.9. The molecule has 25 heavy (non-hydrogen) atoms. The molecule has 1 aliphatic rings. The summed E-state index contributed by atoms with van der Waals surface area (Å²) in [5.41, 5.74) is -0.188. The van der Waals surface area contributed by atoms with Crippen molar-refractivity contribution in [1.82, 2.24) is 14.3 Å². The van der Waals surface area contributed by atoms with Gasteiger partial charge in [0.25, 0.3) is 0 Å². The molecule has 0 unspecified atom stereocenters. The van der Waals surface area contributed by atoms with Gasteiger partial charge in [0.1, 0.15) is 11.5 Å². The van der Waals surface area contributed by atoms with E-state index < -0.39 is 5.67 Å². The number of hydrogen-bond donors (Lipinski definition) is 0. The van der Waals surface area contributed by atoms with Gasteiger partial charge in [-0.05, 0) is 57.1 Å². The van der Waals surface area contributed by atoms with Gasteiger partial charge < -0.3 is 0 Å². The van der Waals surface area contributed by atoms with E-state index in [0.29, 0.717) is 43.3 Å². The minimum absolute atomic E-state index is 0.0851. The lowest BCUT2D eigenvalue weighted by atomic mass is 9.81. The molecule has 2 aromatic rings. The number of aromatic nitrogens is 3. The summed E-state index contributed by atoms with van der Waals surface area (Å²) < 4.78 is 17.3. The Bertz CT molecular complexity index is 786. The zero-order chi connectivity index (χ0) is 18.0. The van der Waals surface area contributed by atoms with Crippen LogP contribution in [0, 0.1) is 5.92 Å². The van der Waals surface area contributed by atoms with Gasteiger partial charge in [-0.25, -0.2) is 13.9 Å². The molecule has 0 atom stereocenters. The van der Waals surface area contributed by atoms with Gasteiger partial charge in [0.2, 0.25) is 0 Å². The maximum Gasteiger partial charge on any atom is 0.345 e. The fraction of sp³-hybridized carbons (Fsp3) is 0.579. The number of benzene rings is 1. The van der Waals surface area contributed by atoms with Gasteiger partial charge in [0.15, 0.2) is 0 Å². The summed E-state index contributed by atoms with van der Waals surface area (Å²) in [5.74, 6) is 1.05. The normalized spacial score (nSPS) is 23.8. The largest absolute Gasteiger partial charge is 0.345 e. The number of halogens is 2. The molecule has 0 radical (unpaired) electrons. The van der Waals surface area contributed by atoms with Crippen LogP contribution in [0.1, 0.15) is 50.9 Å². The zero-order valence-corrected chi connectivity index (χ0v) is 15.6. The second-order valence-corrected chi connectivity index (χ2v) is 7.66. The van der Waals surface area contributed by atoms with Crippen LogP contribution in [0.15, 0.2) is 29.1 Å². The molecule has 0 saturated heterocycles. The van der Waals surface area contributed by atoms with Crippen LogP contribution in [-0.4, -0.2) is 20.0 Å². The highest BCUT2D eigenvalue weighted by atomic mass is 35.5. The molecule has 1 heterocycles. The Morgan fingerprint density at radius 3 is 2.64 bits per heavy atom. The van der Waals surface area contributed by atoms with E-state index in [1.165, 1.54) is 4.68 Å². The van der Waals surface area contributed by atoms with Crippen molar-refractivity contribution >= 4 is 11.6 Å². The van der Waals surface area contributed by atoms with Crippen LogP contribution in [0.5, 0.6) is 0 Å². The van der Waals surface area contributed by atoms with Crippen LogP contribution in [0.4, 0.5) is 4.39 Å². The van der Waals surface area contributed by atoms with Gasteiger partial charge in [0, 0.05) is 24.5 Å². The SMILES string of the molecule is CCn1nc(Cc2ccccc2Cl)n(CC2CCC(C)(F)CC2)c1=O. The third-order valence-electron chi connectivity index (χ3n) is 5.19. The third-order valence-corrected chi connectivity index (χ3v) is 5.56. The maximum absolute atomic E-state index is 14.0. The molecule has 0 amide bonds. The molecule has 6 heteroatoms. The summed E-state index contributed by atoms with van der Waals surface area (Å²) in [6.07, 6.45) is 3.27. The second-order valence-electron chi connectivity index (χ2n) is 7.25. The van der Waals surface area contributed by atoms with Gasteiger partial charge in [-0.2, -0.15) is 5.10 Å². The van der Waals surface area contributed by atoms with E-state index in [-0.39, 0.29) is 5.69 Å². The van der Waals surface area contributed by atoms with E-state index in [1.807, 2.05) is 31.2 Å². The number of rotatable bonds is 5. The predicted molar refractivity (Wildman–Crippen MR) is 97.9 cm³/mol. The first kappa shape index (κ1) is 18.2. The number of nitrogens with zero attached hydrogens (tertiary/aromatic N) is 3. The summed E-state index contributed by atoms with van der Waals surface area (Å²) >= 11 is 6.27. The third kappa shape index (κ3) is 4.14. The quantitative estimate of drug-likeness (QED) is 0.795. The van der Waals surface area contributed by atoms with Crippen molar-refractivity contribution in [1.29, 1.82) is 0 Å². The topological polar surface area (TPSA) is 39.8 Å². The fourth-order valence-electron chi connectivity index (χ4n) is 3.54. The fourth-order valence-corrected chi connectivity index (χ4v) is 3.74. The lowest BCUT2D eigenvalue weighted by Gasteiger charge is -2.31. The van der Waals surface area contributed by atoms with Gasteiger partial charge in [-0.3, -0.25) is 4.57 Å². The predicted octanol–water partition coefficient (Wildman–Crippen LogP) is 4.23. The average Bonchev–Trinajstić information content (AvgIpc) is 2.87. The van der Waals surface area contributed by atoms with E-state index in [2.05, 4.69) is 5.10 Å². The maximum atomic E-state index is 14.0. The highest BCUT2D eigenvalue weighted by Gasteiger charge is 2.31. The summed E-state index contributed by atoms with van der Waals surface area (Å²) in [6.45, 7) is 4.73. The Morgan fingerprint density at radius 2 is 2.00 bits per heavy atom. The Morgan fingerprint density at radius 1 is 1.32 bits per heavy atom. The van der Waals surface area contributed by atoms with Crippen molar-refractivity contribution in [3.05, 3.63) is 51.2 Å². The van der Waals surface area contributed by atoms with Crippen LogP contribution in [0.25, 0.3) is 0 Å². The summed E-state index contributed by atoms with van der Waals surface area (Å²) in [7, 11) is 0. The Kier molecular flexibility index (Phi) is 5.32. The van der Waals surface area contributed by atoms with Crippen LogP contribution in [0.2, 0.25) is 5.02 Å². The molecule has 1 aromatic carbocycles. The molecule has 3 rings (SSSR count). The highest BCUT2D eigenvalue weighted by molar-refractivity contribution is 6.31. The molecule has 0 aliphatic heterocycles. The average molecular weight is 366 g/mol. The Balaban J connectivity index is 1.84. The minimum Gasteiger partial charge on any atom is -0.278 e.